The Bertz CT molecular complexity index is 474. The van der Waals surface area contributed by atoms with Gasteiger partial charge in [0.1, 0.15) is 0 Å². The van der Waals surface area contributed by atoms with Crippen LogP contribution in [0.3, 0.4) is 0 Å². The fraction of sp³-hybridized carbons (Fsp3) is 0.400. The predicted molar refractivity (Wildman–Crippen MR) is 54.3 cm³/mol. The Morgan fingerprint density at radius 1 is 1.47 bits per heavy atom. The van der Waals surface area contributed by atoms with Gasteiger partial charge in [-0.3, -0.25) is 4.55 Å². The fourth-order valence-corrected chi connectivity index (χ4v) is 2.36. The van der Waals surface area contributed by atoms with E-state index in [1.807, 2.05) is 6.92 Å². The Hall–Kier alpha value is -0.910. The van der Waals surface area contributed by atoms with E-state index in [0.717, 1.165) is 12.0 Å². The number of ether oxygens (including phenoxy) is 1. The molecule has 1 N–H and O–H groups in total. The first-order valence-electron chi connectivity index (χ1n) is 4.68. The summed E-state index contributed by atoms with van der Waals surface area (Å²) >= 11 is 0. The Morgan fingerprint density at radius 3 is 2.60 bits per heavy atom. The fourth-order valence-electron chi connectivity index (χ4n) is 1.64. The minimum atomic E-state index is -4.15. The van der Waals surface area contributed by atoms with Gasteiger partial charge >= 0.3 is 0 Å². The monoisotopic (exact) mass is 228 g/mol. The number of hydrogen-bond donors (Lipinski definition) is 1. The number of benzene rings is 1. The second-order valence-corrected chi connectivity index (χ2v) is 5.05. The van der Waals surface area contributed by atoms with Gasteiger partial charge in [0.2, 0.25) is 0 Å². The van der Waals surface area contributed by atoms with Gasteiger partial charge in [0.15, 0.2) is 0 Å². The minimum Gasteiger partial charge on any atom is -0.373 e. The van der Waals surface area contributed by atoms with Crippen LogP contribution in [0.5, 0.6) is 0 Å². The third-order valence-corrected chi connectivity index (χ3v) is 3.42. The van der Waals surface area contributed by atoms with Crippen LogP contribution in [0.25, 0.3) is 0 Å². The number of rotatable bonds is 2. The van der Waals surface area contributed by atoms with E-state index >= 15 is 0 Å². The normalized spacial score (nSPS) is 21.1. The van der Waals surface area contributed by atoms with Crippen LogP contribution < -0.4 is 0 Å². The summed E-state index contributed by atoms with van der Waals surface area (Å²) in [5, 5.41) is 0. The molecule has 0 spiro atoms. The first-order valence-corrected chi connectivity index (χ1v) is 6.12. The Labute approximate surface area is 88.6 Å². The van der Waals surface area contributed by atoms with Crippen LogP contribution in [0, 0.1) is 6.92 Å². The predicted octanol–water partition coefficient (Wildman–Crippen LogP) is 1.70. The van der Waals surface area contributed by atoms with E-state index in [-0.39, 0.29) is 11.0 Å². The van der Waals surface area contributed by atoms with E-state index in [2.05, 4.69) is 0 Å². The highest BCUT2D eigenvalue weighted by molar-refractivity contribution is 7.85. The van der Waals surface area contributed by atoms with Gasteiger partial charge in [-0.1, -0.05) is 17.7 Å². The van der Waals surface area contributed by atoms with Crippen molar-refractivity contribution in [3.05, 3.63) is 29.3 Å². The second kappa shape index (κ2) is 3.59. The molecule has 1 saturated heterocycles. The molecule has 1 aliphatic rings. The van der Waals surface area contributed by atoms with Crippen molar-refractivity contribution in [3.8, 4) is 0 Å². The molecule has 1 fully saturated rings. The van der Waals surface area contributed by atoms with Crippen molar-refractivity contribution in [1.29, 1.82) is 0 Å². The molecule has 0 amide bonds. The highest BCUT2D eigenvalue weighted by Crippen LogP contribution is 2.34. The van der Waals surface area contributed by atoms with Crippen molar-refractivity contribution in [1.82, 2.24) is 0 Å². The maximum atomic E-state index is 11.1. The molecule has 1 aromatic rings. The van der Waals surface area contributed by atoms with Crippen molar-refractivity contribution in [2.24, 2.45) is 0 Å². The first kappa shape index (κ1) is 10.6. The zero-order valence-electron chi connectivity index (χ0n) is 8.30. The van der Waals surface area contributed by atoms with Crippen LogP contribution in [-0.2, 0) is 14.9 Å². The molecule has 1 aliphatic heterocycles. The lowest BCUT2D eigenvalue weighted by Crippen LogP contribution is -2.20. The zero-order chi connectivity index (χ0) is 11.1. The molecule has 1 atom stereocenters. The van der Waals surface area contributed by atoms with Crippen LogP contribution in [-0.4, -0.2) is 19.6 Å². The third-order valence-electron chi connectivity index (χ3n) is 2.49. The van der Waals surface area contributed by atoms with E-state index in [4.69, 9.17) is 9.29 Å². The molecule has 0 radical (unpaired) electrons. The highest BCUT2D eigenvalue weighted by atomic mass is 32.2. The van der Waals surface area contributed by atoms with Gasteiger partial charge in [-0.25, -0.2) is 0 Å². The minimum absolute atomic E-state index is 0.0437. The average Bonchev–Trinajstić information content (AvgIpc) is 1.98. The zero-order valence-corrected chi connectivity index (χ0v) is 9.12. The molecule has 1 heterocycles. The lowest BCUT2D eigenvalue weighted by atomic mass is 10.0. The Kier molecular flexibility index (Phi) is 2.54. The number of hydrogen-bond acceptors (Lipinski definition) is 3. The molecule has 82 valence electrons. The third kappa shape index (κ3) is 2.04. The summed E-state index contributed by atoms with van der Waals surface area (Å²) in [6.07, 6.45) is 0.605. The molecule has 5 heteroatoms. The van der Waals surface area contributed by atoms with Gasteiger partial charge in [0.05, 0.1) is 17.6 Å². The van der Waals surface area contributed by atoms with Crippen LogP contribution >= 0.6 is 0 Å². The van der Waals surface area contributed by atoms with Crippen LogP contribution in [0.15, 0.2) is 23.1 Å². The molecular weight excluding hydrogens is 216 g/mol. The standard InChI is InChI=1S/C10H12O4S/c1-7-2-3-10(15(11,12)13)8(6-7)9-4-5-14-9/h2-3,6,9H,4-5H2,1H3,(H,11,12,13). The average molecular weight is 228 g/mol. The summed E-state index contributed by atoms with van der Waals surface area (Å²) in [5.41, 5.74) is 1.51. The molecule has 0 bridgehead atoms. The quantitative estimate of drug-likeness (QED) is 0.782. The summed E-state index contributed by atoms with van der Waals surface area (Å²) in [5.74, 6) is 0. The maximum Gasteiger partial charge on any atom is 0.294 e. The van der Waals surface area contributed by atoms with Crippen LogP contribution in [0.4, 0.5) is 0 Å². The summed E-state index contributed by atoms with van der Waals surface area (Å²) in [6, 6.07) is 4.82. The van der Waals surface area contributed by atoms with Crippen molar-refractivity contribution in [3.63, 3.8) is 0 Å². The van der Waals surface area contributed by atoms with E-state index in [9.17, 15) is 8.42 Å². The van der Waals surface area contributed by atoms with Gasteiger partial charge in [-0.15, -0.1) is 0 Å². The van der Waals surface area contributed by atoms with E-state index in [1.165, 1.54) is 6.07 Å². The first-order chi connectivity index (χ1) is 6.98. The molecule has 2 rings (SSSR count). The highest BCUT2D eigenvalue weighted by Gasteiger charge is 2.27. The summed E-state index contributed by atoms with van der Waals surface area (Å²) in [7, 11) is -4.15. The van der Waals surface area contributed by atoms with Crippen molar-refractivity contribution < 1.29 is 17.7 Å². The SMILES string of the molecule is Cc1ccc(S(=O)(=O)O)c(C2CCO2)c1. The van der Waals surface area contributed by atoms with Crippen LogP contribution in [0.1, 0.15) is 23.7 Å². The van der Waals surface area contributed by atoms with Gasteiger partial charge < -0.3 is 4.74 Å². The summed E-state index contributed by atoms with van der Waals surface area (Å²) < 4.78 is 36.5. The van der Waals surface area contributed by atoms with Crippen LogP contribution in [0.2, 0.25) is 0 Å². The summed E-state index contributed by atoms with van der Waals surface area (Å²) in [4.78, 5) is -0.0437. The molecule has 1 aromatic carbocycles. The number of aryl methyl sites for hydroxylation is 1. The molecule has 4 nitrogen and oxygen atoms in total. The van der Waals surface area contributed by atoms with Crippen molar-refractivity contribution in [2.75, 3.05) is 6.61 Å². The van der Waals surface area contributed by atoms with Gasteiger partial charge in [-0.05, 0) is 13.0 Å². The molecular formula is C10H12O4S. The summed E-state index contributed by atoms with van der Waals surface area (Å²) in [6.45, 7) is 2.51. The van der Waals surface area contributed by atoms with E-state index in [1.54, 1.807) is 12.1 Å². The molecule has 0 saturated carbocycles. The van der Waals surface area contributed by atoms with Crippen molar-refractivity contribution >= 4 is 10.1 Å². The molecule has 0 aliphatic carbocycles. The van der Waals surface area contributed by atoms with E-state index < -0.39 is 10.1 Å². The lowest BCUT2D eigenvalue weighted by molar-refractivity contribution is -0.0544. The van der Waals surface area contributed by atoms with Gasteiger partial charge in [-0.2, -0.15) is 8.42 Å². The van der Waals surface area contributed by atoms with Gasteiger partial charge in [0, 0.05) is 12.0 Å². The Morgan fingerprint density at radius 2 is 2.13 bits per heavy atom. The smallest absolute Gasteiger partial charge is 0.294 e. The van der Waals surface area contributed by atoms with Crippen molar-refractivity contribution in [2.45, 2.75) is 24.3 Å². The maximum absolute atomic E-state index is 11.1. The van der Waals surface area contributed by atoms with Gasteiger partial charge in [0.25, 0.3) is 10.1 Å². The molecule has 15 heavy (non-hydrogen) atoms. The van der Waals surface area contributed by atoms with E-state index in [0.29, 0.717) is 12.2 Å². The topological polar surface area (TPSA) is 63.6 Å². The molecule has 0 aromatic heterocycles. The molecule has 1 unspecified atom stereocenters. The Balaban J connectivity index is 2.53. The largest absolute Gasteiger partial charge is 0.373 e. The second-order valence-electron chi connectivity index (χ2n) is 3.66. The lowest BCUT2D eigenvalue weighted by Gasteiger charge is -2.28.